The lowest BCUT2D eigenvalue weighted by Gasteiger charge is -2.50. The summed E-state index contributed by atoms with van der Waals surface area (Å²) in [7, 11) is 5.33. The molecule has 2 aromatic carbocycles. The quantitative estimate of drug-likeness (QED) is 0.139. The number of fused-ring (bicyclic) bond motifs is 7. The SMILES string of the molecule is CN1CCn2c(C(F)(F)F)ccc2C12CCN(C(=O)c1ccc(C(C)(C)O)c(F)c1)CC2.COc1cc(C(=O)N2CCC3(CC2)NCCn2c(C(F)(F)F)ccc23)ccc1OC(C)C.Cc1cc(C(F)F)n2ncc(C(=O)N3CCC4(CC3)c3ccc(C(F)(F)F)n3CCN4C)c2n1.[HH].[HH]. The number of likely N-dealkylation sites (N-methyl/N-ethyl adjacent to an activating group) is 2. The van der Waals surface area contributed by atoms with Gasteiger partial charge in [-0.2, -0.15) is 44.6 Å². The summed E-state index contributed by atoms with van der Waals surface area (Å²) in [6, 6.07) is 18.5. The van der Waals surface area contributed by atoms with Crippen molar-refractivity contribution in [3.8, 4) is 11.5 Å². The number of halogens is 12. The summed E-state index contributed by atoms with van der Waals surface area (Å²) in [6.45, 7) is 12.8. The maximum absolute atomic E-state index is 14.4. The first-order valence-electron chi connectivity index (χ1n) is 32.4. The predicted molar refractivity (Wildman–Crippen MR) is 339 cm³/mol. The number of benzene rings is 2. The fraction of sp³-hybridized carbons (Fsp3) is 0.515. The highest BCUT2D eigenvalue weighted by Crippen LogP contribution is 2.47. The van der Waals surface area contributed by atoms with Gasteiger partial charge in [0, 0.05) is 121 Å². The van der Waals surface area contributed by atoms with Gasteiger partial charge in [0.05, 0.1) is 41.6 Å². The minimum absolute atomic E-state index is 0. The van der Waals surface area contributed by atoms with E-state index in [1.165, 1.54) is 59.1 Å². The lowest BCUT2D eigenvalue weighted by Crippen LogP contribution is -2.56. The van der Waals surface area contributed by atoms with Crippen molar-refractivity contribution in [3.05, 3.63) is 159 Å². The van der Waals surface area contributed by atoms with Crippen molar-refractivity contribution < 1.29 is 84.5 Å². The molecule has 18 nitrogen and oxygen atoms in total. The van der Waals surface area contributed by atoms with Gasteiger partial charge in [-0.25, -0.2) is 22.7 Å². The van der Waals surface area contributed by atoms with Gasteiger partial charge in [0.15, 0.2) is 17.1 Å². The molecule has 0 atom stereocenters. The van der Waals surface area contributed by atoms with E-state index in [-0.39, 0.29) is 74.3 Å². The van der Waals surface area contributed by atoms with E-state index in [2.05, 4.69) is 25.2 Å². The van der Waals surface area contributed by atoms with Crippen molar-refractivity contribution in [1.29, 1.82) is 0 Å². The fourth-order valence-corrected chi connectivity index (χ4v) is 15.1. The van der Waals surface area contributed by atoms with Crippen LogP contribution in [-0.2, 0) is 60.4 Å². The molecule has 98 heavy (non-hydrogen) atoms. The Hall–Kier alpha value is -8.09. The number of hydrogen-bond donors (Lipinski definition) is 2. The topological polar surface area (TPSA) is 163 Å². The van der Waals surface area contributed by atoms with Crippen LogP contribution in [0.4, 0.5) is 52.7 Å². The maximum Gasteiger partial charge on any atom is 0.431 e. The van der Waals surface area contributed by atoms with E-state index in [1.54, 1.807) is 58.0 Å². The lowest BCUT2D eigenvalue weighted by molar-refractivity contribution is -0.145. The number of ether oxygens (including phenoxy) is 2. The number of methoxy groups -OCH3 is 1. The summed E-state index contributed by atoms with van der Waals surface area (Å²) in [6.07, 6.45) is -11.8. The Morgan fingerprint density at radius 3 is 1.51 bits per heavy atom. The first kappa shape index (κ1) is 71.2. The van der Waals surface area contributed by atoms with E-state index < -0.39 is 70.1 Å². The summed E-state index contributed by atoms with van der Waals surface area (Å²) >= 11 is 0. The number of aryl methyl sites for hydroxylation is 1. The Morgan fingerprint density at radius 2 is 1.05 bits per heavy atom. The van der Waals surface area contributed by atoms with Gasteiger partial charge < -0.3 is 48.3 Å². The van der Waals surface area contributed by atoms with E-state index in [4.69, 9.17) is 9.47 Å². The minimum Gasteiger partial charge on any atom is -0.493 e. The first-order chi connectivity index (χ1) is 46.0. The highest BCUT2D eigenvalue weighted by atomic mass is 19.4. The fourth-order valence-electron chi connectivity index (χ4n) is 15.1. The van der Waals surface area contributed by atoms with Crippen LogP contribution in [0.2, 0.25) is 0 Å². The molecule has 13 rings (SSSR count). The van der Waals surface area contributed by atoms with Crippen LogP contribution in [0.25, 0.3) is 5.65 Å². The minimum atomic E-state index is -4.43. The molecule has 0 aliphatic carbocycles. The van der Waals surface area contributed by atoms with E-state index in [0.717, 1.165) is 28.8 Å². The Kier molecular flexibility index (Phi) is 19.3. The number of nitrogens with zero attached hydrogens (tertiary/aromatic N) is 11. The van der Waals surface area contributed by atoms with Gasteiger partial charge in [0.25, 0.3) is 24.1 Å². The molecule has 3 saturated heterocycles. The van der Waals surface area contributed by atoms with Crippen LogP contribution in [0, 0.1) is 12.7 Å². The third-order valence-corrected chi connectivity index (χ3v) is 20.2. The summed E-state index contributed by atoms with van der Waals surface area (Å²) < 4.78 is 178. The first-order valence-corrected chi connectivity index (χ1v) is 32.4. The molecule has 0 unspecified atom stereocenters. The second kappa shape index (κ2) is 26.5. The number of aromatic nitrogens is 6. The second-order valence-electron chi connectivity index (χ2n) is 26.8. The van der Waals surface area contributed by atoms with E-state index >= 15 is 0 Å². The highest BCUT2D eigenvalue weighted by Gasteiger charge is 2.51. The molecule has 30 heteroatoms. The molecule has 11 heterocycles. The summed E-state index contributed by atoms with van der Waals surface area (Å²) in [5, 5.41) is 17.4. The van der Waals surface area contributed by atoms with Gasteiger partial charge in [-0.05, 0) is 160 Å². The molecule has 6 aliphatic rings. The van der Waals surface area contributed by atoms with E-state index in [9.17, 15) is 72.2 Å². The third-order valence-electron chi connectivity index (χ3n) is 20.2. The smallest absolute Gasteiger partial charge is 0.431 e. The number of carbonyl (C=O) groups is 3. The standard InChI is InChI=1S/C23H27F4N3O2.C23H28F3N3O3.C22H23F5N6O.2H2/c1-21(2,32)16-5-4-15(14-17(16)24)20(31)29-10-8-22(9-11-29)18-6-7-19(23(25,26)27)30(18)13-12-28(22)3;1-15(2)32-17-5-4-16(14-18(17)31-3)21(30)28-11-8-22(9-12-28)19-6-7-20(23(24,25)26)29(19)13-10-27-22;1-13-11-15(18(23)24)33-19(29-13)14(12-28-33)20(34)31-7-5-21(6-8-31)16-3-4-17(22(25,26)27)32(16)10-9-30(21)2;;/h4-7,14,32H,8-13H2,1-3H3;4-7,14-15,27H,8-13H2,1-3H3;3-4,11-12,18H,5-10H2,1-2H3;2*1H. The average molecular weight is 1390 g/mol. The predicted octanol–water partition coefficient (Wildman–Crippen LogP) is 12.4. The van der Waals surface area contributed by atoms with Gasteiger partial charge in [-0.3, -0.25) is 24.2 Å². The molecule has 3 spiro atoms. The molecule has 5 aromatic heterocycles. The van der Waals surface area contributed by atoms with Gasteiger partial charge in [-0.15, -0.1) is 0 Å². The zero-order chi connectivity index (χ0) is 71.0. The number of likely N-dealkylation sites (tertiary alicyclic amines) is 3. The van der Waals surface area contributed by atoms with Crippen molar-refractivity contribution in [1.82, 2.24) is 58.1 Å². The van der Waals surface area contributed by atoms with Crippen LogP contribution in [0.5, 0.6) is 11.5 Å². The molecule has 6 aliphatic heterocycles. The van der Waals surface area contributed by atoms with Crippen LogP contribution in [0.3, 0.4) is 0 Å². The lowest BCUT2D eigenvalue weighted by atomic mass is 9.81. The molecule has 0 saturated carbocycles. The van der Waals surface area contributed by atoms with Crippen LogP contribution < -0.4 is 14.8 Å². The average Bonchev–Trinajstić information content (AvgIpc) is 1.46. The summed E-state index contributed by atoms with van der Waals surface area (Å²) in [5.41, 5.74) is -2.13. The Bertz CT molecular complexity index is 4110. The maximum atomic E-state index is 14.4. The summed E-state index contributed by atoms with van der Waals surface area (Å²) in [4.78, 5) is 52.7. The number of alkyl halides is 11. The number of hydrogen-bond acceptors (Lipinski definition) is 11. The van der Waals surface area contributed by atoms with Crippen LogP contribution in [-0.4, -0.2) is 162 Å². The number of carbonyl (C=O) groups excluding carboxylic acids is 3. The molecular weight excluding hydrogens is 1310 g/mol. The Labute approximate surface area is 560 Å². The molecule has 7 aromatic rings. The number of nitrogens with one attached hydrogen (secondary N) is 1. The molecular formula is C68H82F12N12O6. The van der Waals surface area contributed by atoms with Crippen molar-refractivity contribution in [3.63, 3.8) is 0 Å². The second-order valence-corrected chi connectivity index (χ2v) is 26.8. The monoisotopic (exact) mass is 1390 g/mol. The van der Waals surface area contributed by atoms with Crippen molar-refractivity contribution >= 4 is 23.4 Å². The van der Waals surface area contributed by atoms with Crippen molar-refractivity contribution in [2.24, 2.45) is 0 Å². The highest BCUT2D eigenvalue weighted by molar-refractivity contribution is 6.00. The summed E-state index contributed by atoms with van der Waals surface area (Å²) in [5.74, 6) is -0.426. The number of piperidine rings is 3. The van der Waals surface area contributed by atoms with E-state index in [0.29, 0.717) is 137 Å². The molecule has 0 bridgehead atoms. The molecule has 3 fully saturated rings. The van der Waals surface area contributed by atoms with Crippen molar-refractivity contribution in [2.75, 3.05) is 80.1 Å². The third kappa shape index (κ3) is 13.4. The Balaban J connectivity index is 0.000000173. The number of rotatable bonds is 8. The number of aliphatic hydroxyl groups is 1. The molecule has 534 valence electrons. The molecule has 3 amide bonds. The Morgan fingerprint density at radius 1 is 0.592 bits per heavy atom. The van der Waals surface area contributed by atoms with Gasteiger partial charge in [0.1, 0.15) is 34.2 Å². The van der Waals surface area contributed by atoms with Crippen LogP contribution >= 0.6 is 0 Å². The number of amides is 3. The molecule has 0 radical (unpaired) electrons. The largest absolute Gasteiger partial charge is 0.493 e. The van der Waals surface area contributed by atoms with Crippen LogP contribution in [0.15, 0.2) is 85.1 Å². The van der Waals surface area contributed by atoms with Crippen molar-refractivity contribution in [2.45, 2.75) is 146 Å². The van der Waals surface area contributed by atoms with Crippen LogP contribution in [0.1, 0.15) is 158 Å². The zero-order valence-corrected chi connectivity index (χ0v) is 55.4. The van der Waals surface area contributed by atoms with Gasteiger partial charge >= 0.3 is 18.5 Å². The van der Waals surface area contributed by atoms with Gasteiger partial charge in [0.2, 0.25) is 0 Å². The molecule has 2 N–H and O–H groups in total. The zero-order valence-electron chi connectivity index (χ0n) is 55.4. The van der Waals surface area contributed by atoms with E-state index in [1.807, 2.05) is 27.9 Å². The normalized spacial score (nSPS) is 18.7. The van der Waals surface area contributed by atoms with Gasteiger partial charge in [-0.1, -0.05) is 6.07 Å².